The van der Waals surface area contributed by atoms with Crippen LogP contribution in [0.3, 0.4) is 0 Å². The summed E-state index contributed by atoms with van der Waals surface area (Å²) in [6.07, 6.45) is 0.351. The summed E-state index contributed by atoms with van der Waals surface area (Å²) in [4.78, 5) is 23.2. The Bertz CT molecular complexity index is 507. The molecule has 0 N–H and O–H groups in total. The zero-order valence-corrected chi connectivity index (χ0v) is 10.8. The van der Waals surface area contributed by atoms with Gasteiger partial charge in [-0.25, -0.2) is 4.79 Å². The van der Waals surface area contributed by atoms with Gasteiger partial charge in [-0.05, 0) is 18.8 Å². The number of ether oxygens (including phenoxy) is 3. The zero-order valence-electron chi connectivity index (χ0n) is 10.8. The normalized spacial score (nSPS) is 47.1. The van der Waals surface area contributed by atoms with E-state index in [0.29, 0.717) is 5.92 Å². The largest absolute Gasteiger partial charge is 0.458 e. The number of hydrogen-bond acceptors (Lipinski definition) is 5. The summed E-state index contributed by atoms with van der Waals surface area (Å²) >= 11 is 0. The SMILES string of the molecule is COCC(F)(F)C(=O)OC1C2OC(=O)C3CC4CC41C32. The maximum Gasteiger partial charge on any atom is 0.379 e. The van der Waals surface area contributed by atoms with Crippen molar-refractivity contribution in [2.24, 2.45) is 23.2 Å². The zero-order chi connectivity index (χ0) is 14.3. The number of carbonyl (C=O) groups is 2. The van der Waals surface area contributed by atoms with E-state index in [9.17, 15) is 18.4 Å². The van der Waals surface area contributed by atoms with Crippen molar-refractivity contribution in [2.45, 2.75) is 31.0 Å². The minimum absolute atomic E-state index is 0.0637. The molecule has 6 unspecified atom stereocenters. The van der Waals surface area contributed by atoms with E-state index in [1.54, 1.807) is 0 Å². The van der Waals surface area contributed by atoms with Crippen molar-refractivity contribution in [1.82, 2.24) is 0 Å². The van der Waals surface area contributed by atoms with Crippen LogP contribution in [0.1, 0.15) is 12.8 Å². The van der Waals surface area contributed by atoms with Gasteiger partial charge in [-0.1, -0.05) is 0 Å². The minimum atomic E-state index is -3.67. The predicted molar refractivity (Wildman–Crippen MR) is 58.7 cm³/mol. The van der Waals surface area contributed by atoms with Crippen LogP contribution < -0.4 is 0 Å². The van der Waals surface area contributed by atoms with Crippen LogP contribution in [-0.4, -0.2) is 43.8 Å². The molecular formula is C13H14F2O5. The summed E-state index contributed by atoms with van der Waals surface area (Å²) in [7, 11) is 1.09. The Morgan fingerprint density at radius 2 is 2.30 bits per heavy atom. The van der Waals surface area contributed by atoms with Crippen LogP contribution in [0.4, 0.5) is 8.78 Å². The number of methoxy groups -OCH3 is 1. The minimum Gasteiger partial charge on any atom is -0.458 e. The van der Waals surface area contributed by atoms with Crippen molar-refractivity contribution in [1.29, 1.82) is 0 Å². The molecule has 0 bridgehead atoms. The smallest absolute Gasteiger partial charge is 0.379 e. The Morgan fingerprint density at radius 1 is 1.55 bits per heavy atom. The molecule has 7 heteroatoms. The molecule has 3 saturated carbocycles. The molecule has 0 amide bonds. The predicted octanol–water partition coefficient (Wildman–Crippen LogP) is 0.761. The number of hydrogen-bond donors (Lipinski definition) is 0. The number of rotatable bonds is 4. The fraction of sp³-hybridized carbons (Fsp3) is 0.846. The third-order valence-electron chi connectivity index (χ3n) is 5.39. The first kappa shape index (κ1) is 12.5. The molecule has 1 spiro atoms. The number of halogens is 2. The summed E-state index contributed by atoms with van der Waals surface area (Å²) in [6, 6.07) is 0. The van der Waals surface area contributed by atoms with E-state index in [0.717, 1.165) is 20.0 Å². The Labute approximate surface area is 113 Å². The second kappa shape index (κ2) is 3.50. The van der Waals surface area contributed by atoms with Crippen LogP contribution in [0.2, 0.25) is 0 Å². The lowest BCUT2D eigenvalue weighted by atomic mass is 9.64. The van der Waals surface area contributed by atoms with Gasteiger partial charge in [-0.2, -0.15) is 8.78 Å². The Hall–Kier alpha value is -1.24. The molecule has 3 aliphatic carbocycles. The van der Waals surface area contributed by atoms with Crippen molar-refractivity contribution in [3.8, 4) is 0 Å². The average Bonchev–Trinajstić information content (AvgIpc) is 2.92. The summed E-state index contributed by atoms with van der Waals surface area (Å²) in [6.45, 7) is -1.01. The van der Waals surface area contributed by atoms with E-state index in [2.05, 4.69) is 4.74 Å². The molecule has 5 nitrogen and oxygen atoms in total. The van der Waals surface area contributed by atoms with Crippen molar-refractivity contribution in [2.75, 3.05) is 13.7 Å². The van der Waals surface area contributed by atoms with Crippen LogP contribution >= 0.6 is 0 Å². The molecular weight excluding hydrogens is 274 g/mol. The molecule has 0 radical (unpaired) electrons. The van der Waals surface area contributed by atoms with Gasteiger partial charge >= 0.3 is 17.9 Å². The van der Waals surface area contributed by atoms with Crippen molar-refractivity contribution < 1.29 is 32.6 Å². The molecule has 4 aliphatic rings. The highest BCUT2D eigenvalue weighted by Crippen LogP contribution is 2.80. The number of alkyl halides is 2. The van der Waals surface area contributed by atoms with E-state index in [1.165, 1.54) is 0 Å². The van der Waals surface area contributed by atoms with Crippen molar-refractivity contribution in [3.63, 3.8) is 0 Å². The molecule has 20 heavy (non-hydrogen) atoms. The summed E-state index contributed by atoms with van der Waals surface area (Å²) in [5.74, 6) is -5.26. The van der Waals surface area contributed by atoms with Crippen LogP contribution in [0, 0.1) is 23.2 Å². The first-order valence-electron chi connectivity index (χ1n) is 6.70. The van der Waals surface area contributed by atoms with E-state index in [4.69, 9.17) is 9.47 Å². The number of carbonyl (C=O) groups excluding carboxylic acids is 2. The van der Waals surface area contributed by atoms with Gasteiger partial charge in [-0.15, -0.1) is 0 Å². The summed E-state index contributed by atoms with van der Waals surface area (Å²) < 4.78 is 41.4. The van der Waals surface area contributed by atoms with Crippen molar-refractivity contribution in [3.05, 3.63) is 0 Å². The monoisotopic (exact) mass is 288 g/mol. The second-order valence-corrected chi connectivity index (χ2v) is 6.25. The van der Waals surface area contributed by atoms with E-state index in [1.807, 2.05) is 0 Å². The maximum absolute atomic E-state index is 13.4. The Kier molecular flexibility index (Phi) is 2.19. The summed E-state index contributed by atoms with van der Waals surface area (Å²) in [5, 5.41) is 0. The fourth-order valence-corrected chi connectivity index (χ4v) is 4.57. The molecule has 0 aromatic heterocycles. The highest BCUT2D eigenvalue weighted by atomic mass is 19.3. The molecule has 4 rings (SSSR count). The second-order valence-electron chi connectivity index (χ2n) is 6.25. The highest BCUT2D eigenvalue weighted by Gasteiger charge is 2.86. The molecule has 0 aromatic rings. The highest BCUT2D eigenvalue weighted by molar-refractivity contribution is 5.80. The molecule has 4 fully saturated rings. The third-order valence-corrected chi connectivity index (χ3v) is 5.39. The lowest BCUT2D eigenvalue weighted by molar-refractivity contribution is -0.219. The van der Waals surface area contributed by atoms with Gasteiger partial charge in [0.2, 0.25) is 0 Å². The lowest BCUT2D eigenvalue weighted by Gasteiger charge is -2.46. The van der Waals surface area contributed by atoms with Crippen molar-refractivity contribution >= 4 is 11.9 Å². The molecule has 6 atom stereocenters. The number of esters is 2. The molecule has 1 aliphatic heterocycles. The standard InChI is InChI=1S/C13H14F2O5/c1-18-4-13(14,15)11(17)20-9-8-7-6(10(16)19-8)2-5-3-12(5,7)9/h5-9H,2-4H2,1H3. The Balaban J connectivity index is 1.51. The maximum atomic E-state index is 13.4. The van der Waals surface area contributed by atoms with Gasteiger partial charge < -0.3 is 14.2 Å². The quantitative estimate of drug-likeness (QED) is 0.715. The summed E-state index contributed by atoms with van der Waals surface area (Å²) in [5.41, 5.74) is -0.264. The van der Waals surface area contributed by atoms with Gasteiger partial charge in [0, 0.05) is 18.4 Å². The average molecular weight is 288 g/mol. The van der Waals surface area contributed by atoms with E-state index in [-0.39, 0.29) is 23.2 Å². The first-order valence-corrected chi connectivity index (χ1v) is 6.70. The van der Waals surface area contributed by atoms with Crippen LogP contribution in [0.15, 0.2) is 0 Å². The third kappa shape index (κ3) is 1.25. The fourth-order valence-electron chi connectivity index (χ4n) is 4.57. The van der Waals surface area contributed by atoms with Crippen LogP contribution in [0.5, 0.6) is 0 Å². The van der Waals surface area contributed by atoms with Gasteiger partial charge in [0.25, 0.3) is 0 Å². The van der Waals surface area contributed by atoms with Gasteiger partial charge in [0.1, 0.15) is 18.8 Å². The van der Waals surface area contributed by atoms with Crippen LogP contribution in [-0.2, 0) is 23.8 Å². The molecule has 1 heterocycles. The first-order chi connectivity index (χ1) is 9.41. The molecule has 0 aromatic carbocycles. The molecule has 110 valence electrons. The van der Waals surface area contributed by atoms with Crippen LogP contribution in [0.25, 0.3) is 0 Å². The topological polar surface area (TPSA) is 61.8 Å². The van der Waals surface area contributed by atoms with Gasteiger partial charge in [0.15, 0.2) is 0 Å². The molecule has 1 saturated heterocycles. The van der Waals surface area contributed by atoms with E-state index < -0.39 is 30.7 Å². The van der Waals surface area contributed by atoms with E-state index >= 15 is 0 Å². The Morgan fingerprint density at radius 3 is 3.00 bits per heavy atom. The lowest BCUT2D eigenvalue weighted by Crippen LogP contribution is -2.59. The van der Waals surface area contributed by atoms with Gasteiger partial charge in [0.05, 0.1) is 5.92 Å². The van der Waals surface area contributed by atoms with Gasteiger partial charge in [-0.3, -0.25) is 4.79 Å².